The standard InChI is InChI=1S/C24H34N4O4/c1-18(29)25-8-6-20(7-9-25)27-16-24(17-27)15-26(13-21-14-32-11-10-28(21)24)23(30)19-4-3-5-22(12-19)31-2/h3-5,12,20-21H,6-11,13-17H2,1-2H3/t21-/m1/s1. The van der Waals surface area contributed by atoms with Crippen molar-refractivity contribution in [3.63, 3.8) is 0 Å². The van der Waals surface area contributed by atoms with Crippen LogP contribution in [0.25, 0.3) is 0 Å². The zero-order valence-electron chi connectivity index (χ0n) is 19.2. The van der Waals surface area contributed by atoms with Gasteiger partial charge in [-0.2, -0.15) is 0 Å². The van der Waals surface area contributed by atoms with Gasteiger partial charge in [0.25, 0.3) is 5.91 Å². The van der Waals surface area contributed by atoms with E-state index >= 15 is 0 Å². The van der Waals surface area contributed by atoms with Crippen LogP contribution in [0.15, 0.2) is 24.3 Å². The second kappa shape index (κ2) is 8.65. The van der Waals surface area contributed by atoms with Crippen LogP contribution in [0, 0.1) is 0 Å². The maximum absolute atomic E-state index is 13.4. The molecule has 1 aromatic rings. The number of carbonyl (C=O) groups excluding carboxylic acids is 2. The number of nitrogens with zero attached hydrogens (tertiary/aromatic N) is 4. The normalized spacial score (nSPS) is 26.5. The maximum atomic E-state index is 13.4. The fourth-order valence-electron chi connectivity index (χ4n) is 6.08. The van der Waals surface area contributed by atoms with E-state index in [-0.39, 0.29) is 23.4 Å². The van der Waals surface area contributed by atoms with E-state index in [1.807, 2.05) is 34.1 Å². The van der Waals surface area contributed by atoms with Crippen LogP contribution < -0.4 is 4.74 Å². The minimum absolute atomic E-state index is 0.00106. The molecule has 8 nitrogen and oxygen atoms in total. The Morgan fingerprint density at radius 1 is 1.06 bits per heavy atom. The molecule has 4 aliphatic heterocycles. The summed E-state index contributed by atoms with van der Waals surface area (Å²) in [6, 6.07) is 8.22. The zero-order chi connectivity index (χ0) is 22.3. The predicted molar refractivity (Wildman–Crippen MR) is 120 cm³/mol. The van der Waals surface area contributed by atoms with Crippen LogP contribution in [-0.4, -0.2) is 115 Å². The Bertz CT molecular complexity index is 863. The number of amides is 2. The Hall–Kier alpha value is -2.16. The Kier molecular flexibility index (Phi) is 5.86. The van der Waals surface area contributed by atoms with Gasteiger partial charge in [0.15, 0.2) is 0 Å². The zero-order valence-corrected chi connectivity index (χ0v) is 19.2. The maximum Gasteiger partial charge on any atom is 0.254 e. The quantitative estimate of drug-likeness (QED) is 0.694. The molecule has 174 valence electrons. The average molecular weight is 443 g/mol. The van der Waals surface area contributed by atoms with Crippen LogP contribution in [0.4, 0.5) is 0 Å². The summed E-state index contributed by atoms with van der Waals surface area (Å²) in [5.41, 5.74) is 0.677. The van der Waals surface area contributed by atoms with Crippen molar-refractivity contribution >= 4 is 11.8 Å². The lowest BCUT2D eigenvalue weighted by Gasteiger charge is -2.65. The number of fused-ring (bicyclic) bond motifs is 2. The van der Waals surface area contributed by atoms with Gasteiger partial charge >= 0.3 is 0 Å². The van der Waals surface area contributed by atoms with Gasteiger partial charge in [0.05, 0.1) is 31.9 Å². The molecule has 0 saturated carbocycles. The number of piperazine rings is 1. The first-order valence-corrected chi connectivity index (χ1v) is 11.8. The summed E-state index contributed by atoms with van der Waals surface area (Å²) in [7, 11) is 1.63. The van der Waals surface area contributed by atoms with Gasteiger partial charge < -0.3 is 19.3 Å². The summed E-state index contributed by atoms with van der Waals surface area (Å²) < 4.78 is 11.1. The Morgan fingerprint density at radius 3 is 2.56 bits per heavy atom. The van der Waals surface area contributed by atoms with Gasteiger partial charge in [-0.05, 0) is 31.0 Å². The lowest BCUT2D eigenvalue weighted by Crippen LogP contribution is -2.82. The summed E-state index contributed by atoms with van der Waals surface area (Å²) in [4.78, 5) is 34.3. The molecule has 32 heavy (non-hydrogen) atoms. The minimum atomic E-state index is -0.00106. The minimum Gasteiger partial charge on any atom is -0.497 e. The third-order valence-corrected chi connectivity index (χ3v) is 7.78. The first-order valence-electron chi connectivity index (χ1n) is 11.8. The molecule has 1 atom stereocenters. The monoisotopic (exact) mass is 442 g/mol. The summed E-state index contributed by atoms with van der Waals surface area (Å²) in [6.07, 6.45) is 2.07. The number of hydrogen-bond acceptors (Lipinski definition) is 6. The molecule has 4 aliphatic rings. The smallest absolute Gasteiger partial charge is 0.254 e. The van der Waals surface area contributed by atoms with Gasteiger partial charge in [-0.3, -0.25) is 19.4 Å². The molecule has 4 fully saturated rings. The third kappa shape index (κ3) is 3.89. The molecular formula is C24H34N4O4. The van der Waals surface area contributed by atoms with Crippen molar-refractivity contribution in [1.29, 1.82) is 0 Å². The predicted octanol–water partition coefficient (Wildman–Crippen LogP) is 0.917. The fourth-order valence-corrected chi connectivity index (χ4v) is 6.08. The van der Waals surface area contributed by atoms with Gasteiger partial charge in [-0.15, -0.1) is 0 Å². The van der Waals surface area contributed by atoms with Crippen LogP contribution in [0.3, 0.4) is 0 Å². The van der Waals surface area contributed by atoms with Crippen LogP contribution in [-0.2, 0) is 9.53 Å². The van der Waals surface area contributed by atoms with E-state index in [4.69, 9.17) is 9.47 Å². The van der Waals surface area contributed by atoms with Crippen molar-refractivity contribution in [2.24, 2.45) is 0 Å². The highest BCUT2D eigenvalue weighted by molar-refractivity contribution is 5.94. The van der Waals surface area contributed by atoms with Gasteiger partial charge in [-0.25, -0.2) is 0 Å². The van der Waals surface area contributed by atoms with Crippen molar-refractivity contribution in [3.05, 3.63) is 29.8 Å². The molecule has 4 saturated heterocycles. The number of methoxy groups -OCH3 is 1. The largest absolute Gasteiger partial charge is 0.497 e. The molecule has 0 aromatic heterocycles. The van der Waals surface area contributed by atoms with Gasteiger partial charge in [0.1, 0.15) is 5.75 Å². The second-order valence-corrected chi connectivity index (χ2v) is 9.71. The summed E-state index contributed by atoms with van der Waals surface area (Å²) in [6.45, 7) is 9.16. The van der Waals surface area contributed by atoms with E-state index in [0.29, 0.717) is 30.5 Å². The van der Waals surface area contributed by atoms with Crippen LogP contribution in [0.5, 0.6) is 5.75 Å². The molecule has 4 heterocycles. The first-order chi connectivity index (χ1) is 15.5. The molecule has 1 aromatic carbocycles. The number of benzene rings is 1. The number of hydrogen-bond donors (Lipinski definition) is 0. The molecule has 1 spiro atoms. The fraction of sp³-hybridized carbons (Fsp3) is 0.667. The highest BCUT2D eigenvalue weighted by Crippen LogP contribution is 2.38. The molecule has 5 rings (SSSR count). The number of ether oxygens (including phenoxy) is 2. The lowest BCUT2D eigenvalue weighted by atomic mass is 9.80. The van der Waals surface area contributed by atoms with Gasteiger partial charge in [0, 0.05) is 64.3 Å². The summed E-state index contributed by atoms with van der Waals surface area (Å²) in [5, 5.41) is 0. The Labute approximate surface area is 190 Å². The van der Waals surface area contributed by atoms with Gasteiger partial charge in [0.2, 0.25) is 5.91 Å². The number of carbonyl (C=O) groups is 2. The highest BCUT2D eigenvalue weighted by atomic mass is 16.5. The number of rotatable bonds is 3. The summed E-state index contributed by atoms with van der Waals surface area (Å²) in [5.74, 6) is 0.956. The number of piperidine rings is 1. The molecule has 0 unspecified atom stereocenters. The first kappa shape index (κ1) is 21.7. The topological polar surface area (TPSA) is 65.6 Å². The van der Waals surface area contributed by atoms with Crippen LogP contribution in [0.1, 0.15) is 30.1 Å². The average Bonchev–Trinajstić information content (AvgIpc) is 2.81. The number of morpholine rings is 1. The van der Waals surface area contributed by atoms with E-state index in [1.165, 1.54) is 0 Å². The van der Waals surface area contributed by atoms with Crippen LogP contribution >= 0.6 is 0 Å². The second-order valence-electron chi connectivity index (χ2n) is 9.71. The Balaban J connectivity index is 1.29. The molecule has 0 radical (unpaired) electrons. The number of likely N-dealkylation sites (tertiary alicyclic amines) is 2. The van der Waals surface area contributed by atoms with Gasteiger partial charge in [-0.1, -0.05) is 6.07 Å². The Morgan fingerprint density at radius 2 is 1.84 bits per heavy atom. The molecular weight excluding hydrogens is 408 g/mol. The van der Waals surface area contributed by atoms with Crippen molar-refractivity contribution in [2.45, 2.75) is 37.4 Å². The van der Waals surface area contributed by atoms with Crippen LogP contribution in [0.2, 0.25) is 0 Å². The lowest BCUT2D eigenvalue weighted by molar-refractivity contribution is -0.169. The van der Waals surface area contributed by atoms with E-state index in [2.05, 4.69) is 9.80 Å². The van der Waals surface area contributed by atoms with Crippen molar-refractivity contribution in [1.82, 2.24) is 19.6 Å². The van der Waals surface area contributed by atoms with E-state index < -0.39 is 0 Å². The van der Waals surface area contributed by atoms with Crippen molar-refractivity contribution in [2.75, 3.05) is 66.1 Å². The molecule has 0 N–H and O–H groups in total. The van der Waals surface area contributed by atoms with Crippen molar-refractivity contribution < 1.29 is 19.1 Å². The third-order valence-electron chi connectivity index (χ3n) is 7.78. The molecule has 8 heteroatoms. The highest BCUT2D eigenvalue weighted by Gasteiger charge is 2.56. The van der Waals surface area contributed by atoms with E-state index in [1.54, 1.807) is 14.0 Å². The molecule has 0 aliphatic carbocycles. The van der Waals surface area contributed by atoms with Crippen molar-refractivity contribution in [3.8, 4) is 5.75 Å². The molecule has 2 amide bonds. The SMILES string of the molecule is COc1cccc(C(=O)N2C[C@@H]3COCCN3C3(C2)CN(C2CCN(C(C)=O)CC2)C3)c1. The summed E-state index contributed by atoms with van der Waals surface area (Å²) >= 11 is 0. The van der Waals surface area contributed by atoms with E-state index in [9.17, 15) is 9.59 Å². The van der Waals surface area contributed by atoms with E-state index in [0.717, 1.165) is 58.7 Å². The molecule has 0 bridgehead atoms.